The molecule has 4 bridgehead atoms. The van der Waals surface area contributed by atoms with Crippen molar-refractivity contribution in [3.8, 4) is 0 Å². The molecule has 2 aromatic carbocycles. The van der Waals surface area contributed by atoms with Crippen LogP contribution in [0.4, 0.5) is 17.5 Å². The molecule has 182 valence electrons. The van der Waals surface area contributed by atoms with E-state index in [1.807, 2.05) is 0 Å². The average Bonchev–Trinajstić information content (AvgIpc) is 2.88. The molecule has 5 fully saturated rings. The van der Waals surface area contributed by atoms with Crippen molar-refractivity contribution < 1.29 is 0 Å². The molecule has 0 amide bonds. The number of nitrogens with zero attached hydrogens (tertiary/aromatic N) is 4. The second kappa shape index (κ2) is 8.39. The highest BCUT2D eigenvalue weighted by Gasteiger charge is 2.53. The molecule has 2 heterocycles. The molecule has 1 atom stereocenters. The number of anilines is 3. The summed E-state index contributed by atoms with van der Waals surface area (Å²) in [6, 6.07) is 19.7. The zero-order valence-corrected chi connectivity index (χ0v) is 20.9. The number of piperazine rings is 1. The minimum absolute atomic E-state index is 0.442. The third-order valence-corrected chi connectivity index (χ3v) is 9.63. The first kappa shape index (κ1) is 21.5. The normalized spacial score (nSPS) is 30.6. The Labute approximate surface area is 208 Å². The smallest absolute Gasteiger partial charge is 0.228 e. The molecule has 4 aliphatic carbocycles. The van der Waals surface area contributed by atoms with Crippen molar-refractivity contribution >= 4 is 28.4 Å². The van der Waals surface area contributed by atoms with Gasteiger partial charge in [-0.05, 0) is 92.9 Å². The first-order chi connectivity index (χ1) is 17.1. The predicted octanol–water partition coefficient (Wildman–Crippen LogP) is 5.97. The van der Waals surface area contributed by atoms with Gasteiger partial charge >= 0.3 is 0 Å². The van der Waals surface area contributed by atoms with Gasteiger partial charge in [0.25, 0.3) is 0 Å². The van der Waals surface area contributed by atoms with Crippen LogP contribution in [-0.4, -0.2) is 42.2 Å². The quantitative estimate of drug-likeness (QED) is 0.501. The van der Waals surface area contributed by atoms with E-state index in [1.54, 1.807) is 0 Å². The molecule has 1 aliphatic heterocycles. The zero-order valence-electron chi connectivity index (χ0n) is 20.9. The highest BCUT2D eigenvalue weighted by molar-refractivity contribution is 5.90. The maximum absolute atomic E-state index is 5.18. The van der Waals surface area contributed by atoms with E-state index in [-0.39, 0.29) is 0 Å². The lowest BCUT2D eigenvalue weighted by molar-refractivity contribution is -0.0602. The summed E-state index contributed by atoms with van der Waals surface area (Å²) in [6.07, 6.45) is 8.68. The van der Waals surface area contributed by atoms with Gasteiger partial charge in [0, 0.05) is 43.3 Å². The monoisotopic (exact) mass is 467 g/mol. The maximum Gasteiger partial charge on any atom is 0.228 e. The van der Waals surface area contributed by atoms with Crippen LogP contribution in [0.15, 0.2) is 54.6 Å². The Morgan fingerprint density at radius 3 is 2.06 bits per heavy atom. The molecule has 0 spiro atoms. The van der Waals surface area contributed by atoms with E-state index >= 15 is 0 Å². The number of rotatable bonds is 5. The van der Waals surface area contributed by atoms with Crippen molar-refractivity contribution in [3.63, 3.8) is 0 Å². The number of nitrogens with one attached hydrogen (secondary N) is 1. The van der Waals surface area contributed by atoms with Crippen LogP contribution in [0, 0.1) is 23.2 Å². The van der Waals surface area contributed by atoms with Gasteiger partial charge in [-0.25, -0.2) is 4.98 Å². The number of para-hydroxylation sites is 2. The van der Waals surface area contributed by atoms with Gasteiger partial charge in [0.05, 0.1) is 5.52 Å². The molecule has 1 N–H and O–H groups in total. The van der Waals surface area contributed by atoms with Crippen LogP contribution in [0.3, 0.4) is 0 Å². The van der Waals surface area contributed by atoms with Crippen molar-refractivity contribution in [2.75, 3.05) is 41.3 Å². The lowest BCUT2D eigenvalue weighted by Gasteiger charge is -2.59. The molecule has 1 saturated heterocycles. The van der Waals surface area contributed by atoms with E-state index in [0.29, 0.717) is 11.5 Å². The van der Waals surface area contributed by atoms with Crippen molar-refractivity contribution in [2.45, 2.75) is 51.5 Å². The second-order valence-corrected chi connectivity index (χ2v) is 11.8. The van der Waals surface area contributed by atoms with Crippen LogP contribution in [0.5, 0.6) is 0 Å². The second-order valence-electron chi connectivity index (χ2n) is 11.8. The molecule has 5 aliphatic rings. The Bertz CT molecular complexity index is 1160. The topological polar surface area (TPSA) is 44.3 Å². The Morgan fingerprint density at radius 1 is 0.771 bits per heavy atom. The summed E-state index contributed by atoms with van der Waals surface area (Å²) in [5.74, 6) is 4.79. The molecule has 0 unspecified atom stereocenters. The Hall–Kier alpha value is -2.82. The first-order valence-electron chi connectivity index (χ1n) is 13.7. The van der Waals surface area contributed by atoms with Crippen LogP contribution < -0.4 is 15.1 Å². The molecule has 1 aromatic heterocycles. The van der Waals surface area contributed by atoms with Crippen LogP contribution in [0.25, 0.3) is 10.9 Å². The minimum atomic E-state index is 0.442. The largest absolute Gasteiger partial charge is 0.368 e. The standard InChI is InChI=1S/C30H37N5/c1-21(30-18-22-15-23(19-30)17-24(16-22)20-30)31-28-26-9-5-6-10-27(26)32-29(33-28)35-13-11-34(12-14-35)25-7-3-2-4-8-25/h2-10,21-24H,11-20H2,1H3,(H,31,32,33)/t21-,22?,23?,24?,30?/m0/s1. The summed E-state index contributed by atoms with van der Waals surface area (Å²) in [5, 5.41) is 5.12. The van der Waals surface area contributed by atoms with Crippen molar-refractivity contribution in [1.29, 1.82) is 0 Å². The van der Waals surface area contributed by atoms with Gasteiger partial charge in [-0.1, -0.05) is 30.3 Å². The fraction of sp³-hybridized carbons (Fsp3) is 0.533. The molecular formula is C30H37N5. The van der Waals surface area contributed by atoms with Gasteiger partial charge in [-0.15, -0.1) is 0 Å². The maximum atomic E-state index is 5.18. The van der Waals surface area contributed by atoms with Crippen LogP contribution in [-0.2, 0) is 0 Å². The Kier molecular flexibility index (Phi) is 5.14. The van der Waals surface area contributed by atoms with E-state index in [2.05, 4.69) is 76.6 Å². The molecule has 35 heavy (non-hydrogen) atoms. The summed E-state index contributed by atoms with van der Waals surface area (Å²) in [5.41, 5.74) is 2.80. The lowest BCUT2D eigenvalue weighted by atomic mass is 9.48. The molecule has 8 rings (SSSR count). The molecule has 0 radical (unpaired) electrons. The van der Waals surface area contributed by atoms with Gasteiger partial charge in [-0.3, -0.25) is 0 Å². The third-order valence-electron chi connectivity index (χ3n) is 9.63. The third kappa shape index (κ3) is 3.84. The number of hydrogen-bond acceptors (Lipinski definition) is 5. The summed E-state index contributed by atoms with van der Waals surface area (Å²) in [7, 11) is 0. The van der Waals surface area contributed by atoms with Crippen LogP contribution >= 0.6 is 0 Å². The van der Waals surface area contributed by atoms with E-state index in [4.69, 9.17) is 9.97 Å². The van der Waals surface area contributed by atoms with E-state index in [0.717, 1.165) is 66.6 Å². The Balaban J connectivity index is 1.14. The number of aromatic nitrogens is 2. The number of benzene rings is 2. The van der Waals surface area contributed by atoms with E-state index < -0.39 is 0 Å². The van der Waals surface area contributed by atoms with Crippen molar-refractivity contribution in [2.24, 2.45) is 23.2 Å². The van der Waals surface area contributed by atoms with E-state index in [9.17, 15) is 0 Å². The van der Waals surface area contributed by atoms with Gasteiger partial charge in [0.15, 0.2) is 0 Å². The fourth-order valence-electron chi connectivity index (χ4n) is 8.19. The molecule has 4 saturated carbocycles. The van der Waals surface area contributed by atoms with E-state index in [1.165, 1.54) is 44.2 Å². The van der Waals surface area contributed by atoms with Gasteiger partial charge in [-0.2, -0.15) is 4.98 Å². The van der Waals surface area contributed by atoms with Gasteiger partial charge < -0.3 is 15.1 Å². The molecule has 5 nitrogen and oxygen atoms in total. The summed E-state index contributed by atoms with van der Waals surface area (Å²) < 4.78 is 0. The number of fused-ring (bicyclic) bond motifs is 1. The minimum Gasteiger partial charge on any atom is -0.368 e. The summed E-state index contributed by atoms with van der Waals surface area (Å²) >= 11 is 0. The zero-order chi connectivity index (χ0) is 23.4. The average molecular weight is 468 g/mol. The summed E-state index contributed by atoms with van der Waals surface area (Å²) in [6.45, 7) is 6.30. The Morgan fingerprint density at radius 2 is 1.37 bits per heavy atom. The predicted molar refractivity (Wildman–Crippen MR) is 144 cm³/mol. The van der Waals surface area contributed by atoms with Gasteiger partial charge in [0.1, 0.15) is 5.82 Å². The molecule has 3 aromatic rings. The highest BCUT2D eigenvalue weighted by atomic mass is 15.3. The van der Waals surface area contributed by atoms with Crippen molar-refractivity contribution in [1.82, 2.24) is 9.97 Å². The lowest BCUT2D eigenvalue weighted by Crippen LogP contribution is -2.53. The summed E-state index contributed by atoms with van der Waals surface area (Å²) in [4.78, 5) is 15.0. The van der Waals surface area contributed by atoms with Gasteiger partial charge in [0.2, 0.25) is 5.95 Å². The van der Waals surface area contributed by atoms with Crippen LogP contribution in [0.1, 0.15) is 45.4 Å². The number of hydrogen-bond donors (Lipinski definition) is 1. The SMILES string of the molecule is C[C@H](Nc1nc(N2CCN(c3ccccc3)CC2)nc2ccccc12)C12CC3CC(CC(C3)C1)C2. The first-order valence-corrected chi connectivity index (χ1v) is 13.7. The van der Waals surface area contributed by atoms with Crippen LogP contribution in [0.2, 0.25) is 0 Å². The molecule has 5 heteroatoms. The highest BCUT2D eigenvalue weighted by Crippen LogP contribution is 2.61. The molecular weight excluding hydrogens is 430 g/mol. The fourth-order valence-corrected chi connectivity index (χ4v) is 8.19. The van der Waals surface area contributed by atoms with Crippen molar-refractivity contribution in [3.05, 3.63) is 54.6 Å².